The largest absolute Gasteiger partial charge is 0.469 e. The molecule has 0 aromatic heterocycles. The first-order valence-electron chi connectivity index (χ1n) is 5.89. The number of amides is 1. The average Bonchev–Trinajstić information content (AvgIpc) is 2.21. The first kappa shape index (κ1) is 14.9. The fraction of sp³-hybridized carbons (Fsp3) is 0.833. The predicted octanol–water partition coefficient (Wildman–Crippen LogP) is 1.88. The van der Waals surface area contributed by atoms with Crippen LogP contribution < -0.4 is 5.32 Å². The molecule has 0 aromatic carbocycles. The van der Waals surface area contributed by atoms with Crippen LogP contribution >= 0.6 is 0 Å². The lowest BCUT2D eigenvalue weighted by Gasteiger charge is -2.06. The van der Waals surface area contributed by atoms with Gasteiger partial charge in [-0.25, -0.2) is 0 Å². The summed E-state index contributed by atoms with van der Waals surface area (Å²) in [4.78, 5) is 22.0. The summed E-state index contributed by atoms with van der Waals surface area (Å²) in [5, 5.41) is 2.86. The molecule has 94 valence electrons. The summed E-state index contributed by atoms with van der Waals surface area (Å²) in [5.41, 5.74) is 0. The van der Waals surface area contributed by atoms with E-state index in [1.165, 1.54) is 7.11 Å². The van der Waals surface area contributed by atoms with E-state index >= 15 is 0 Å². The van der Waals surface area contributed by atoms with Crippen LogP contribution in [0.3, 0.4) is 0 Å². The van der Waals surface area contributed by atoms with Crippen molar-refractivity contribution >= 4 is 11.9 Å². The standard InChI is InChI=1S/C12H23NO3/c1-10(2)9-11(14)13-8-6-4-5-7-12(15)16-3/h10H,4-9H2,1-3H3,(H,13,14). The van der Waals surface area contributed by atoms with Gasteiger partial charge in [-0.3, -0.25) is 9.59 Å². The molecule has 0 atom stereocenters. The van der Waals surface area contributed by atoms with Crippen LogP contribution in [0.2, 0.25) is 0 Å². The van der Waals surface area contributed by atoms with Gasteiger partial charge in [-0.1, -0.05) is 20.3 Å². The second-order valence-corrected chi connectivity index (χ2v) is 4.33. The summed E-state index contributed by atoms with van der Waals surface area (Å²) in [6.45, 7) is 4.75. The van der Waals surface area contributed by atoms with E-state index < -0.39 is 0 Å². The third-order valence-electron chi connectivity index (χ3n) is 2.20. The number of nitrogens with one attached hydrogen (secondary N) is 1. The van der Waals surface area contributed by atoms with Crippen LogP contribution in [-0.4, -0.2) is 25.5 Å². The topological polar surface area (TPSA) is 55.4 Å². The number of carbonyl (C=O) groups is 2. The average molecular weight is 229 g/mol. The molecule has 0 fully saturated rings. The maximum atomic E-state index is 11.3. The second-order valence-electron chi connectivity index (χ2n) is 4.33. The Morgan fingerprint density at radius 3 is 2.44 bits per heavy atom. The predicted molar refractivity (Wildman–Crippen MR) is 62.9 cm³/mol. The minimum Gasteiger partial charge on any atom is -0.469 e. The van der Waals surface area contributed by atoms with Gasteiger partial charge in [0, 0.05) is 19.4 Å². The minimum absolute atomic E-state index is 0.114. The van der Waals surface area contributed by atoms with E-state index in [2.05, 4.69) is 10.1 Å². The maximum Gasteiger partial charge on any atom is 0.305 e. The van der Waals surface area contributed by atoms with Gasteiger partial charge in [0.1, 0.15) is 0 Å². The van der Waals surface area contributed by atoms with Gasteiger partial charge >= 0.3 is 5.97 Å². The van der Waals surface area contributed by atoms with Gasteiger partial charge in [0.15, 0.2) is 0 Å². The lowest BCUT2D eigenvalue weighted by Crippen LogP contribution is -2.25. The number of unbranched alkanes of at least 4 members (excludes halogenated alkanes) is 2. The van der Waals surface area contributed by atoms with Gasteiger partial charge in [0.25, 0.3) is 0 Å². The van der Waals surface area contributed by atoms with E-state index in [9.17, 15) is 9.59 Å². The molecule has 0 rings (SSSR count). The monoisotopic (exact) mass is 229 g/mol. The van der Waals surface area contributed by atoms with Gasteiger partial charge in [-0.05, 0) is 18.8 Å². The van der Waals surface area contributed by atoms with Gasteiger partial charge in [0.2, 0.25) is 5.91 Å². The van der Waals surface area contributed by atoms with Gasteiger partial charge in [-0.15, -0.1) is 0 Å². The molecule has 0 spiro atoms. The molecule has 1 amide bonds. The minimum atomic E-state index is -0.163. The Kier molecular flexibility index (Phi) is 8.58. The quantitative estimate of drug-likeness (QED) is 0.510. The zero-order valence-corrected chi connectivity index (χ0v) is 10.5. The van der Waals surface area contributed by atoms with E-state index in [-0.39, 0.29) is 11.9 Å². The molecule has 0 saturated heterocycles. The van der Waals surface area contributed by atoms with Gasteiger partial charge < -0.3 is 10.1 Å². The fourth-order valence-corrected chi connectivity index (χ4v) is 1.34. The van der Waals surface area contributed by atoms with Crippen molar-refractivity contribution in [2.75, 3.05) is 13.7 Å². The Hall–Kier alpha value is -1.06. The highest BCUT2D eigenvalue weighted by atomic mass is 16.5. The van der Waals surface area contributed by atoms with Crippen LogP contribution in [-0.2, 0) is 14.3 Å². The molecule has 0 aromatic rings. The summed E-state index contributed by atoms with van der Waals surface area (Å²) in [6.07, 6.45) is 3.74. The normalized spacial score (nSPS) is 10.2. The second kappa shape index (κ2) is 9.19. The van der Waals surface area contributed by atoms with E-state index in [4.69, 9.17) is 0 Å². The Labute approximate surface area is 97.7 Å². The number of hydrogen-bond donors (Lipinski definition) is 1. The van der Waals surface area contributed by atoms with Crippen molar-refractivity contribution in [2.24, 2.45) is 5.92 Å². The van der Waals surface area contributed by atoms with Crippen molar-refractivity contribution in [3.8, 4) is 0 Å². The molecule has 0 bridgehead atoms. The van der Waals surface area contributed by atoms with Crippen LogP contribution in [0.1, 0.15) is 46.0 Å². The molecule has 4 heteroatoms. The van der Waals surface area contributed by atoms with E-state index in [1.807, 2.05) is 13.8 Å². The number of esters is 1. The summed E-state index contributed by atoms with van der Waals surface area (Å²) in [7, 11) is 1.40. The molecular formula is C12H23NO3. The number of rotatable bonds is 8. The van der Waals surface area contributed by atoms with E-state index in [0.29, 0.717) is 25.3 Å². The van der Waals surface area contributed by atoms with Gasteiger partial charge in [-0.2, -0.15) is 0 Å². The smallest absolute Gasteiger partial charge is 0.305 e. The summed E-state index contributed by atoms with van der Waals surface area (Å²) in [6, 6.07) is 0. The van der Waals surface area contributed by atoms with E-state index in [1.54, 1.807) is 0 Å². The first-order chi connectivity index (χ1) is 7.56. The summed E-state index contributed by atoms with van der Waals surface area (Å²) in [5.74, 6) is 0.353. The lowest BCUT2D eigenvalue weighted by molar-refractivity contribution is -0.140. The van der Waals surface area contributed by atoms with Crippen LogP contribution in [0.5, 0.6) is 0 Å². The van der Waals surface area contributed by atoms with E-state index in [0.717, 1.165) is 19.3 Å². The first-order valence-corrected chi connectivity index (χ1v) is 5.89. The molecule has 0 heterocycles. The number of ether oxygens (including phenoxy) is 1. The molecule has 1 N–H and O–H groups in total. The highest BCUT2D eigenvalue weighted by Gasteiger charge is 2.03. The fourth-order valence-electron chi connectivity index (χ4n) is 1.34. The molecular weight excluding hydrogens is 206 g/mol. The highest BCUT2D eigenvalue weighted by molar-refractivity contribution is 5.75. The van der Waals surface area contributed by atoms with Crippen molar-refractivity contribution in [1.82, 2.24) is 5.32 Å². The SMILES string of the molecule is COC(=O)CCCCCNC(=O)CC(C)C. The summed E-state index contributed by atoms with van der Waals surface area (Å²) >= 11 is 0. The zero-order valence-electron chi connectivity index (χ0n) is 10.5. The molecule has 0 unspecified atom stereocenters. The Balaban J connectivity index is 3.27. The Bertz CT molecular complexity index is 214. The van der Waals surface area contributed by atoms with Crippen LogP contribution in [0.25, 0.3) is 0 Å². The lowest BCUT2D eigenvalue weighted by atomic mass is 10.1. The van der Waals surface area contributed by atoms with Crippen molar-refractivity contribution < 1.29 is 14.3 Å². The van der Waals surface area contributed by atoms with Crippen molar-refractivity contribution in [3.05, 3.63) is 0 Å². The molecule has 16 heavy (non-hydrogen) atoms. The Morgan fingerprint density at radius 2 is 1.88 bits per heavy atom. The Morgan fingerprint density at radius 1 is 1.19 bits per heavy atom. The molecule has 0 saturated carbocycles. The van der Waals surface area contributed by atoms with Crippen molar-refractivity contribution in [2.45, 2.75) is 46.0 Å². The van der Waals surface area contributed by atoms with Crippen molar-refractivity contribution in [3.63, 3.8) is 0 Å². The highest BCUT2D eigenvalue weighted by Crippen LogP contribution is 2.01. The van der Waals surface area contributed by atoms with Gasteiger partial charge in [0.05, 0.1) is 7.11 Å². The van der Waals surface area contributed by atoms with Crippen LogP contribution in [0, 0.1) is 5.92 Å². The number of carbonyl (C=O) groups excluding carboxylic acids is 2. The number of hydrogen-bond acceptors (Lipinski definition) is 3. The molecule has 0 aliphatic rings. The number of methoxy groups -OCH3 is 1. The van der Waals surface area contributed by atoms with Crippen molar-refractivity contribution in [1.29, 1.82) is 0 Å². The van der Waals surface area contributed by atoms with Crippen LogP contribution in [0.15, 0.2) is 0 Å². The molecule has 0 radical (unpaired) electrons. The van der Waals surface area contributed by atoms with Crippen LogP contribution in [0.4, 0.5) is 0 Å². The third kappa shape index (κ3) is 9.49. The summed E-state index contributed by atoms with van der Waals surface area (Å²) < 4.78 is 4.53. The molecule has 0 aliphatic heterocycles. The zero-order chi connectivity index (χ0) is 12.4. The maximum absolute atomic E-state index is 11.3. The molecule has 0 aliphatic carbocycles. The molecule has 4 nitrogen and oxygen atoms in total. The third-order valence-corrected chi connectivity index (χ3v) is 2.20.